The molecule has 0 saturated carbocycles. The minimum Gasteiger partial charge on any atom is -0.320 e. The fourth-order valence-corrected chi connectivity index (χ4v) is 2.44. The van der Waals surface area contributed by atoms with E-state index in [1.165, 1.54) is 6.07 Å². The van der Waals surface area contributed by atoms with Crippen molar-refractivity contribution >= 4 is 22.9 Å². The number of amides is 1. The van der Waals surface area contributed by atoms with E-state index in [2.05, 4.69) is 10.6 Å². The van der Waals surface area contributed by atoms with Crippen LogP contribution in [0.4, 0.5) is 14.5 Å². The normalized spacial score (nSPS) is 12.2. The minimum atomic E-state index is -0.788. The maximum absolute atomic E-state index is 13.4. The molecule has 0 bridgehead atoms. The molecule has 0 fully saturated rings. The minimum absolute atomic E-state index is 0.00235. The number of hydrogen-bond donors (Lipinski definition) is 2. The predicted molar refractivity (Wildman–Crippen MR) is 75.7 cm³/mol. The average Bonchev–Trinajstić information content (AvgIpc) is 2.94. The lowest BCUT2D eigenvalue weighted by Gasteiger charge is -2.13. The van der Waals surface area contributed by atoms with Crippen LogP contribution in [-0.2, 0) is 4.79 Å². The third kappa shape index (κ3) is 3.61. The number of thiophene rings is 1. The van der Waals surface area contributed by atoms with Crippen LogP contribution in [0.3, 0.4) is 0 Å². The Kier molecular flexibility index (Phi) is 4.81. The topological polar surface area (TPSA) is 41.1 Å². The quantitative estimate of drug-likeness (QED) is 0.888. The van der Waals surface area contributed by atoms with Gasteiger partial charge in [0.25, 0.3) is 0 Å². The first kappa shape index (κ1) is 14.6. The molecule has 1 amide bonds. The van der Waals surface area contributed by atoms with E-state index in [1.54, 1.807) is 11.3 Å². The molecule has 0 aliphatic rings. The lowest BCUT2D eigenvalue weighted by molar-refractivity contribution is -0.115. The van der Waals surface area contributed by atoms with Gasteiger partial charge in [0.05, 0.1) is 6.54 Å². The molecule has 3 nitrogen and oxygen atoms in total. The van der Waals surface area contributed by atoms with Crippen molar-refractivity contribution in [3.63, 3.8) is 0 Å². The smallest absolute Gasteiger partial charge is 0.238 e. The van der Waals surface area contributed by atoms with Gasteiger partial charge in [-0.05, 0) is 41.4 Å². The number of para-hydroxylation sites is 1. The second-order valence-corrected chi connectivity index (χ2v) is 5.08. The Bertz CT molecular complexity index is 567. The lowest BCUT2D eigenvalue weighted by atomic mass is 10.2. The maximum Gasteiger partial charge on any atom is 0.238 e. The van der Waals surface area contributed by atoms with Crippen LogP contribution in [0.5, 0.6) is 0 Å². The molecule has 106 valence electrons. The summed E-state index contributed by atoms with van der Waals surface area (Å²) in [7, 11) is 0. The fourth-order valence-electron chi connectivity index (χ4n) is 1.69. The third-order valence-corrected chi connectivity index (χ3v) is 3.54. The van der Waals surface area contributed by atoms with E-state index >= 15 is 0 Å². The molecule has 0 aliphatic heterocycles. The molecule has 2 aromatic rings. The number of carbonyl (C=O) groups is 1. The SMILES string of the molecule is CC(NCC(=O)Nc1c(F)cccc1F)c1ccsc1. The molecule has 1 atom stereocenters. The van der Waals surface area contributed by atoms with Gasteiger partial charge < -0.3 is 10.6 Å². The Balaban J connectivity index is 1.90. The molecule has 2 N–H and O–H groups in total. The Labute approximate surface area is 119 Å². The number of rotatable bonds is 5. The largest absolute Gasteiger partial charge is 0.320 e. The Morgan fingerprint density at radius 1 is 1.30 bits per heavy atom. The van der Waals surface area contributed by atoms with Crippen LogP contribution in [0.25, 0.3) is 0 Å². The summed E-state index contributed by atoms with van der Waals surface area (Å²) in [5.41, 5.74) is 0.655. The van der Waals surface area contributed by atoms with Crippen LogP contribution >= 0.6 is 11.3 Å². The van der Waals surface area contributed by atoms with Gasteiger partial charge in [-0.1, -0.05) is 6.07 Å². The van der Waals surface area contributed by atoms with Crippen LogP contribution in [-0.4, -0.2) is 12.5 Å². The van der Waals surface area contributed by atoms with Gasteiger partial charge in [-0.3, -0.25) is 4.79 Å². The summed E-state index contributed by atoms with van der Waals surface area (Å²) >= 11 is 1.57. The van der Waals surface area contributed by atoms with Gasteiger partial charge in [0.1, 0.15) is 17.3 Å². The van der Waals surface area contributed by atoms with Crippen molar-refractivity contribution in [2.75, 3.05) is 11.9 Å². The van der Waals surface area contributed by atoms with Gasteiger partial charge in [0, 0.05) is 6.04 Å². The fraction of sp³-hybridized carbons (Fsp3) is 0.214. The van der Waals surface area contributed by atoms with E-state index in [-0.39, 0.29) is 12.6 Å². The second-order valence-electron chi connectivity index (χ2n) is 4.30. The highest BCUT2D eigenvalue weighted by Crippen LogP contribution is 2.18. The predicted octanol–water partition coefficient (Wildman–Crippen LogP) is 3.32. The Morgan fingerprint density at radius 2 is 2.00 bits per heavy atom. The van der Waals surface area contributed by atoms with Gasteiger partial charge in [-0.2, -0.15) is 11.3 Å². The molecule has 1 aromatic carbocycles. The van der Waals surface area contributed by atoms with Crippen molar-refractivity contribution in [2.45, 2.75) is 13.0 Å². The van der Waals surface area contributed by atoms with E-state index in [4.69, 9.17) is 0 Å². The van der Waals surface area contributed by atoms with E-state index in [9.17, 15) is 13.6 Å². The monoisotopic (exact) mass is 296 g/mol. The first-order valence-electron chi connectivity index (χ1n) is 6.07. The summed E-state index contributed by atoms with van der Waals surface area (Å²) in [5, 5.41) is 9.15. The molecule has 6 heteroatoms. The highest BCUT2D eigenvalue weighted by atomic mass is 32.1. The second kappa shape index (κ2) is 6.58. The zero-order valence-electron chi connectivity index (χ0n) is 10.8. The van der Waals surface area contributed by atoms with Crippen LogP contribution in [0.1, 0.15) is 18.5 Å². The van der Waals surface area contributed by atoms with Crippen LogP contribution in [0, 0.1) is 11.6 Å². The zero-order chi connectivity index (χ0) is 14.5. The van der Waals surface area contributed by atoms with Crippen molar-refractivity contribution in [2.24, 2.45) is 0 Å². The van der Waals surface area contributed by atoms with Crippen molar-refractivity contribution in [3.05, 3.63) is 52.2 Å². The Hall–Kier alpha value is -1.79. The van der Waals surface area contributed by atoms with E-state index in [0.717, 1.165) is 17.7 Å². The highest BCUT2D eigenvalue weighted by Gasteiger charge is 2.13. The number of anilines is 1. The van der Waals surface area contributed by atoms with Gasteiger partial charge in [-0.15, -0.1) is 0 Å². The summed E-state index contributed by atoms with van der Waals surface area (Å²) in [6.07, 6.45) is 0. The average molecular weight is 296 g/mol. The van der Waals surface area contributed by atoms with Crippen LogP contribution < -0.4 is 10.6 Å². The molecule has 0 spiro atoms. The molecule has 0 aliphatic carbocycles. The van der Waals surface area contributed by atoms with Crippen molar-refractivity contribution in [3.8, 4) is 0 Å². The van der Waals surface area contributed by atoms with Gasteiger partial charge in [0.15, 0.2) is 0 Å². The number of carbonyl (C=O) groups excluding carboxylic acids is 1. The molecule has 1 unspecified atom stereocenters. The molecule has 1 heterocycles. The third-order valence-electron chi connectivity index (χ3n) is 2.84. The van der Waals surface area contributed by atoms with Gasteiger partial charge in [0.2, 0.25) is 5.91 Å². The van der Waals surface area contributed by atoms with E-state index in [1.807, 2.05) is 23.8 Å². The molecule has 0 radical (unpaired) electrons. The van der Waals surface area contributed by atoms with Crippen molar-refractivity contribution in [1.29, 1.82) is 0 Å². The highest BCUT2D eigenvalue weighted by molar-refractivity contribution is 7.07. The standard InChI is InChI=1S/C14H14F2N2OS/c1-9(10-5-6-20-8-10)17-7-13(19)18-14-11(15)3-2-4-12(14)16/h2-6,8-9,17H,7H2,1H3,(H,18,19). The summed E-state index contributed by atoms with van der Waals surface area (Å²) in [6.45, 7) is 1.89. The molecule has 2 rings (SSSR count). The van der Waals surface area contributed by atoms with Crippen molar-refractivity contribution in [1.82, 2.24) is 5.32 Å². The summed E-state index contributed by atoms with van der Waals surface area (Å²) in [4.78, 5) is 11.7. The lowest BCUT2D eigenvalue weighted by Crippen LogP contribution is -2.30. The molecule has 20 heavy (non-hydrogen) atoms. The first-order chi connectivity index (χ1) is 9.58. The number of halogens is 2. The number of hydrogen-bond acceptors (Lipinski definition) is 3. The molecule has 1 aromatic heterocycles. The van der Waals surface area contributed by atoms with Crippen molar-refractivity contribution < 1.29 is 13.6 Å². The summed E-state index contributed by atoms with van der Waals surface area (Å²) in [6, 6.07) is 5.39. The summed E-state index contributed by atoms with van der Waals surface area (Å²) in [5.74, 6) is -2.07. The molecular formula is C14H14F2N2OS. The molecule has 0 saturated heterocycles. The van der Waals surface area contributed by atoms with Crippen LogP contribution in [0.2, 0.25) is 0 Å². The maximum atomic E-state index is 13.4. The first-order valence-corrected chi connectivity index (χ1v) is 7.01. The Morgan fingerprint density at radius 3 is 2.60 bits per heavy atom. The number of nitrogens with one attached hydrogen (secondary N) is 2. The van der Waals surface area contributed by atoms with E-state index < -0.39 is 23.2 Å². The van der Waals surface area contributed by atoms with Gasteiger partial charge >= 0.3 is 0 Å². The van der Waals surface area contributed by atoms with E-state index in [0.29, 0.717) is 0 Å². The number of benzene rings is 1. The van der Waals surface area contributed by atoms with Gasteiger partial charge in [-0.25, -0.2) is 8.78 Å². The molecular weight excluding hydrogens is 282 g/mol. The van der Waals surface area contributed by atoms with Crippen LogP contribution in [0.15, 0.2) is 35.0 Å². The summed E-state index contributed by atoms with van der Waals surface area (Å²) < 4.78 is 26.7. The zero-order valence-corrected chi connectivity index (χ0v) is 11.6.